The summed E-state index contributed by atoms with van der Waals surface area (Å²) in [4.78, 5) is 19.0. The Hall–Kier alpha value is -2.14. The number of hydrogen-bond donors (Lipinski definition) is 1. The zero-order chi connectivity index (χ0) is 14.5. The summed E-state index contributed by atoms with van der Waals surface area (Å²) in [6, 6.07) is 9.79. The van der Waals surface area contributed by atoms with Crippen molar-refractivity contribution < 1.29 is 4.79 Å². The lowest BCUT2D eigenvalue weighted by Crippen LogP contribution is -2.02. The first-order valence-electron chi connectivity index (χ1n) is 6.24. The summed E-state index contributed by atoms with van der Waals surface area (Å²) < 4.78 is 0. The Morgan fingerprint density at radius 2 is 2.00 bits per heavy atom. The van der Waals surface area contributed by atoms with Crippen LogP contribution in [0, 0.1) is 6.92 Å². The van der Waals surface area contributed by atoms with Crippen LogP contribution in [-0.2, 0) is 0 Å². The number of rotatable bonds is 5. The Morgan fingerprint density at radius 1 is 1.30 bits per heavy atom. The van der Waals surface area contributed by atoms with Gasteiger partial charge in [0.2, 0.25) is 0 Å². The molecule has 0 unspecified atom stereocenters. The Morgan fingerprint density at radius 3 is 2.65 bits per heavy atom. The lowest BCUT2D eigenvalue weighted by molar-refractivity contribution is 0.104. The minimum Gasteiger partial charge on any atom is -0.383 e. The molecule has 0 saturated carbocycles. The van der Waals surface area contributed by atoms with Gasteiger partial charge in [0.25, 0.3) is 0 Å². The van der Waals surface area contributed by atoms with Crippen LogP contribution >= 0.6 is 11.3 Å². The molecule has 5 heteroatoms. The number of allylic oxidation sites excluding steroid dienone is 1. The van der Waals surface area contributed by atoms with Gasteiger partial charge in [-0.1, -0.05) is 29.5 Å². The highest BCUT2D eigenvalue weighted by Crippen LogP contribution is 2.26. The molecule has 1 aromatic heterocycles. The molecule has 0 aliphatic heterocycles. The fraction of sp³-hybridized carbons (Fsp3) is 0.200. The van der Waals surface area contributed by atoms with Crippen LogP contribution in [0.5, 0.6) is 0 Å². The number of nitrogens with one attached hydrogen (secondary N) is 1. The third-order valence-corrected chi connectivity index (χ3v) is 3.66. The number of thiazole rings is 1. The highest BCUT2D eigenvalue weighted by molar-refractivity contribution is 7.17. The predicted octanol–water partition coefficient (Wildman–Crippen LogP) is 3.45. The molecule has 2 aromatic rings. The van der Waals surface area contributed by atoms with Gasteiger partial charge in [-0.2, -0.15) is 0 Å². The van der Waals surface area contributed by atoms with E-state index in [4.69, 9.17) is 0 Å². The van der Waals surface area contributed by atoms with Crippen LogP contribution in [0.2, 0.25) is 0 Å². The molecular weight excluding hydrogens is 270 g/mol. The molecule has 0 aliphatic rings. The van der Waals surface area contributed by atoms with Crippen molar-refractivity contribution in [3.05, 3.63) is 53.2 Å². The van der Waals surface area contributed by atoms with E-state index in [1.807, 2.05) is 56.3 Å². The summed E-state index contributed by atoms with van der Waals surface area (Å²) in [5.41, 5.74) is 1.71. The molecule has 0 radical (unpaired) electrons. The number of aromatic nitrogens is 1. The topological polar surface area (TPSA) is 45.2 Å². The lowest BCUT2D eigenvalue weighted by Gasteiger charge is -2.02. The van der Waals surface area contributed by atoms with Crippen molar-refractivity contribution >= 4 is 27.9 Å². The second kappa shape index (κ2) is 6.34. The Kier molecular flexibility index (Phi) is 4.53. The zero-order valence-corrected chi connectivity index (χ0v) is 12.6. The molecule has 104 valence electrons. The van der Waals surface area contributed by atoms with Crippen molar-refractivity contribution in [2.24, 2.45) is 0 Å². The van der Waals surface area contributed by atoms with Crippen LogP contribution in [0.1, 0.15) is 15.4 Å². The Labute approximate surface area is 122 Å². The van der Waals surface area contributed by atoms with E-state index in [2.05, 4.69) is 10.3 Å². The quantitative estimate of drug-likeness (QED) is 0.676. The molecule has 1 N–H and O–H groups in total. The highest BCUT2D eigenvalue weighted by Gasteiger charge is 2.13. The van der Waals surface area contributed by atoms with Crippen LogP contribution in [0.3, 0.4) is 0 Å². The summed E-state index contributed by atoms with van der Waals surface area (Å²) in [5, 5.41) is 3.94. The van der Waals surface area contributed by atoms with Crippen LogP contribution in [0.15, 0.2) is 42.6 Å². The van der Waals surface area contributed by atoms with E-state index in [1.54, 1.807) is 12.3 Å². The first-order chi connectivity index (χ1) is 9.56. The maximum atomic E-state index is 12.1. The Bertz CT molecular complexity index is 617. The normalized spacial score (nSPS) is 10.8. The number of aryl methyl sites for hydroxylation is 1. The molecule has 0 atom stereocenters. The van der Waals surface area contributed by atoms with E-state index < -0.39 is 0 Å². The van der Waals surface area contributed by atoms with E-state index in [0.29, 0.717) is 4.88 Å². The molecule has 4 nitrogen and oxygen atoms in total. The maximum Gasteiger partial charge on any atom is 0.199 e. The smallest absolute Gasteiger partial charge is 0.199 e. The van der Waals surface area contributed by atoms with Gasteiger partial charge in [0.15, 0.2) is 10.9 Å². The van der Waals surface area contributed by atoms with Crippen LogP contribution in [-0.4, -0.2) is 29.8 Å². The standard InChI is InChI=1S/C15H17N3OS/c1-11-14(13(19)9-10-18(2)3)20-15(16-11)17-12-7-5-4-6-8-12/h4-10H,1-3H3,(H,16,17)/b10-9+. The van der Waals surface area contributed by atoms with Crippen molar-refractivity contribution in [2.75, 3.05) is 19.4 Å². The number of hydrogen-bond acceptors (Lipinski definition) is 5. The number of benzene rings is 1. The van der Waals surface area contributed by atoms with E-state index >= 15 is 0 Å². The van der Waals surface area contributed by atoms with E-state index in [0.717, 1.165) is 16.5 Å². The molecule has 0 fully saturated rings. The monoisotopic (exact) mass is 287 g/mol. The molecule has 1 heterocycles. The van der Waals surface area contributed by atoms with Gasteiger partial charge in [-0.25, -0.2) is 4.98 Å². The minimum atomic E-state index is -0.0187. The third kappa shape index (κ3) is 3.68. The molecule has 0 amide bonds. The fourth-order valence-corrected chi connectivity index (χ4v) is 2.52. The van der Waals surface area contributed by atoms with Gasteiger partial charge in [0.05, 0.1) is 10.6 Å². The van der Waals surface area contributed by atoms with E-state index in [9.17, 15) is 4.79 Å². The average molecular weight is 287 g/mol. The van der Waals surface area contributed by atoms with Gasteiger partial charge < -0.3 is 10.2 Å². The van der Waals surface area contributed by atoms with Crippen molar-refractivity contribution in [3.8, 4) is 0 Å². The van der Waals surface area contributed by atoms with Crippen LogP contribution in [0.25, 0.3) is 0 Å². The van der Waals surface area contributed by atoms with Crippen molar-refractivity contribution in [2.45, 2.75) is 6.92 Å². The first-order valence-corrected chi connectivity index (χ1v) is 7.06. The highest BCUT2D eigenvalue weighted by atomic mass is 32.1. The number of nitrogens with zero attached hydrogens (tertiary/aromatic N) is 2. The molecule has 2 rings (SSSR count). The van der Waals surface area contributed by atoms with Gasteiger partial charge in [0.1, 0.15) is 0 Å². The van der Waals surface area contributed by atoms with Gasteiger partial charge >= 0.3 is 0 Å². The molecule has 0 spiro atoms. The number of para-hydroxylation sites is 1. The summed E-state index contributed by atoms with van der Waals surface area (Å²) in [7, 11) is 3.76. The zero-order valence-electron chi connectivity index (χ0n) is 11.8. The van der Waals surface area contributed by atoms with Crippen LogP contribution in [0.4, 0.5) is 10.8 Å². The number of carbonyl (C=O) groups is 1. The van der Waals surface area contributed by atoms with Crippen molar-refractivity contribution in [1.82, 2.24) is 9.88 Å². The fourth-order valence-electron chi connectivity index (χ4n) is 1.62. The molecule has 20 heavy (non-hydrogen) atoms. The van der Waals surface area contributed by atoms with Crippen molar-refractivity contribution in [3.63, 3.8) is 0 Å². The minimum absolute atomic E-state index is 0.0187. The SMILES string of the molecule is Cc1nc(Nc2ccccc2)sc1C(=O)/C=C/N(C)C. The predicted molar refractivity (Wildman–Crippen MR) is 83.7 cm³/mol. The van der Waals surface area contributed by atoms with E-state index in [-0.39, 0.29) is 5.78 Å². The van der Waals surface area contributed by atoms with Gasteiger partial charge in [-0.15, -0.1) is 0 Å². The summed E-state index contributed by atoms with van der Waals surface area (Å²) in [6.45, 7) is 1.85. The largest absolute Gasteiger partial charge is 0.383 e. The number of carbonyl (C=O) groups excluding carboxylic acids is 1. The Balaban J connectivity index is 2.15. The summed E-state index contributed by atoms with van der Waals surface area (Å²) in [5.74, 6) is -0.0187. The van der Waals surface area contributed by atoms with Crippen LogP contribution < -0.4 is 5.32 Å². The number of anilines is 2. The van der Waals surface area contributed by atoms with Crippen molar-refractivity contribution in [1.29, 1.82) is 0 Å². The third-order valence-electron chi connectivity index (χ3n) is 2.57. The van der Waals surface area contributed by atoms with E-state index in [1.165, 1.54) is 11.3 Å². The van der Waals surface area contributed by atoms with Gasteiger partial charge in [-0.3, -0.25) is 4.79 Å². The second-order valence-electron chi connectivity index (χ2n) is 4.57. The first kappa shape index (κ1) is 14.3. The molecule has 1 aromatic carbocycles. The maximum absolute atomic E-state index is 12.1. The molecule has 0 bridgehead atoms. The number of ketones is 1. The molecule has 0 saturated heterocycles. The van der Waals surface area contributed by atoms with Gasteiger partial charge in [0, 0.05) is 32.1 Å². The average Bonchev–Trinajstić information content (AvgIpc) is 2.78. The summed E-state index contributed by atoms with van der Waals surface area (Å²) in [6.07, 6.45) is 3.30. The van der Waals surface area contributed by atoms with Gasteiger partial charge in [-0.05, 0) is 19.1 Å². The summed E-state index contributed by atoms with van der Waals surface area (Å²) >= 11 is 1.37. The molecule has 0 aliphatic carbocycles. The lowest BCUT2D eigenvalue weighted by atomic mass is 10.3. The second-order valence-corrected chi connectivity index (χ2v) is 5.57. The molecular formula is C15H17N3OS.